The van der Waals surface area contributed by atoms with E-state index in [2.05, 4.69) is 36.2 Å². The van der Waals surface area contributed by atoms with Gasteiger partial charge in [-0.15, -0.1) is 0 Å². The van der Waals surface area contributed by atoms with Crippen LogP contribution in [-0.4, -0.2) is 29.4 Å². The van der Waals surface area contributed by atoms with Gasteiger partial charge in [0, 0.05) is 29.7 Å². The summed E-state index contributed by atoms with van der Waals surface area (Å²) >= 11 is 0. The van der Waals surface area contributed by atoms with Gasteiger partial charge in [0.25, 0.3) is 0 Å². The van der Waals surface area contributed by atoms with Crippen LogP contribution in [0.15, 0.2) is 60.7 Å². The lowest BCUT2D eigenvalue weighted by molar-refractivity contribution is -0.136. The average Bonchev–Trinajstić information content (AvgIpc) is 3.09. The first kappa shape index (κ1) is 19.3. The van der Waals surface area contributed by atoms with E-state index in [4.69, 9.17) is 4.74 Å². The lowest BCUT2D eigenvalue weighted by Crippen LogP contribution is -2.44. The van der Waals surface area contributed by atoms with Gasteiger partial charge >= 0.3 is 0 Å². The van der Waals surface area contributed by atoms with Crippen LogP contribution in [0.25, 0.3) is 10.9 Å². The van der Waals surface area contributed by atoms with Crippen LogP contribution in [0.4, 0.5) is 0 Å². The number of amides is 1. The molecule has 1 unspecified atom stereocenters. The van der Waals surface area contributed by atoms with Crippen LogP contribution in [0, 0.1) is 0 Å². The summed E-state index contributed by atoms with van der Waals surface area (Å²) < 4.78 is 5.26. The second-order valence-corrected chi connectivity index (χ2v) is 7.67. The molecule has 4 nitrogen and oxygen atoms in total. The van der Waals surface area contributed by atoms with Crippen molar-refractivity contribution in [1.29, 1.82) is 0 Å². The van der Waals surface area contributed by atoms with E-state index in [0.29, 0.717) is 13.1 Å². The average molecular weight is 389 g/mol. The van der Waals surface area contributed by atoms with Crippen molar-refractivity contribution in [2.24, 2.45) is 0 Å². The zero-order valence-electron chi connectivity index (χ0n) is 17.4. The number of hydrogen-bond donors (Lipinski definition) is 1. The van der Waals surface area contributed by atoms with Crippen LogP contribution in [-0.2, 0) is 23.2 Å². The van der Waals surface area contributed by atoms with E-state index in [-0.39, 0.29) is 5.91 Å². The molecule has 0 fully saturated rings. The first-order chi connectivity index (χ1) is 14.1. The number of fused-ring (bicyclic) bond motifs is 3. The summed E-state index contributed by atoms with van der Waals surface area (Å²) in [6.45, 7) is 5.40. The molecule has 1 aliphatic rings. The molecule has 3 aromatic rings. The van der Waals surface area contributed by atoms with E-state index in [0.717, 1.165) is 35.4 Å². The molecule has 1 aliphatic heterocycles. The number of hydrogen-bond acceptors (Lipinski definition) is 2. The molecule has 2 heterocycles. The number of ether oxygens (including phenoxy) is 1. The van der Waals surface area contributed by atoms with Gasteiger partial charge in [-0.1, -0.05) is 49.4 Å². The number of aromatic amines is 1. The highest BCUT2D eigenvalue weighted by Gasteiger charge is 2.44. The van der Waals surface area contributed by atoms with Gasteiger partial charge < -0.3 is 14.6 Å². The number of methoxy groups -OCH3 is 1. The molecule has 0 saturated carbocycles. The van der Waals surface area contributed by atoms with Gasteiger partial charge in [-0.05, 0) is 49.1 Å². The maximum absolute atomic E-state index is 13.9. The molecule has 4 rings (SSSR count). The van der Waals surface area contributed by atoms with Gasteiger partial charge in [-0.25, -0.2) is 0 Å². The molecule has 0 radical (unpaired) electrons. The number of benzene rings is 2. The fourth-order valence-electron chi connectivity index (χ4n) is 4.57. The number of carbonyl (C=O) groups is 1. The van der Waals surface area contributed by atoms with Crippen LogP contribution in [0.5, 0.6) is 5.75 Å². The summed E-state index contributed by atoms with van der Waals surface area (Å²) in [5.74, 6) is 0.994. The van der Waals surface area contributed by atoms with Crippen molar-refractivity contribution in [3.05, 3.63) is 77.5 Å². The minimum absolute atomic E-state index is 0.166. The molecule has 0 bridgehead atoms. The van der Waals surface area contributed by atoms with Gasteiger partial charge in [0.05, 0.1) is 7.11 Å². The molecule has 1 atom stereocenters. The van der Waals surface area contributed by atoms with E-state index < -0.39 is 5.41 Å². The molecular weight excluding hydrogens is 360 g/mol. The minimum Gasteiger partial charge on any atom is -0.497 e. The van der Waals surface area contributed by atoms with E-state index in [9.17, 15) is 4.79 Å². The van der Waals surface area contributed by atoms with E-state index in [1.165, 1.54) is 10.9 Å². The predicted octanol–water partition coefficient (Wildman–Crippen LogP) is 4.99. The van der Waals surface area contributed by atoms with Gasteiger partial charge in [0.2, 0.25) is 5.91 Å². The summed E-state index contributed by atoms with van der Waals surface area (Å²) in [5, 5.41) is 1.23. The third-order valence-corrected chi connectivity index (χ3v) is 6.10. The molecule has 0 saturated heterocycles. The fourth-order valence-corrected chi connectivity index (χ4v) is 4.57. The Kier molecular flexibility index (Phi) is 5.18. The molecule has 150 valence electrons. The van der Waals surface area contributed by atoms with Crippen LogP contribution >= 0.6 is 0 Å². The number of nitrogens with zero attached hydrogens (tertiary/aromatic N) is 1. The summed E-state index contributed by atoms with van der Waals surface area (Å²) in [7, 11) is 1.66. The molecule has 0 spiro atoms. The second-order valence-electron chi connectivity index (χ2n) is 7.67. The molecule has 4 heteroatoms. The molecule has 1 N–H and O–H groups in total. The molecule has 2 aromatic carbocycles. The third kappa shape index (κ3) is 3.23. The molecule has 0 aliphatic carbocycles. The quantitative estimate of drug-likeness (QED) is 0.626. The summed E-state index contributed by atoms with van der Waals surface area (Å²) in [4.78, 5) is 19.5. The van der Waals surface area contributed by atoms with Crippen molar-refractivity contribution in [2.45, 2.75) is 38.6 Å². The minimum atomic E-state index is -0.661. The lowest BCUT2D eigenvalue weighted by Gasteiger charge is -2.32. The van der Waals surface area contributed by atoms with Crippen molar-refractivity contribution in [3.63, 3.8) is 0 Å². The van der Waals surface area contributed by atoms with Crippen molar-refractivity contribution in [3.8, 4) is 5.75 Å². The number of carbonyl (C=O) groups excluding carboxylic acids is 1. The first-order valence-corrected chi connectivity index (χ1v) is 10.3. The first-order valence-electron chi connectivity index (χ1n) is 10.3. The zero-order valence-corrected chi connectivity index (χ0v) is 17.4. The lowest BCUT2D eigenvalue weighted by atomic mass is 9.78. The molecule has 1 amide bonds. The standard InChI is InChI=1S/C25H28N2O2/c1-4-15-25(5-2)23-21(20-8-6-7-9-22(20)26-23)14-16-27(24(25)28)17-18-10-12-19(29-3)13-11-18/h4,6-13,15,26H,5,14,16-17H2,1-3H3/b15-4+. The number of allylic oxidation sites excluding steroid dienone is 1. The predicted molar refractivity (Wildman–Crippen MR) is 117 cm³/mol. The number of para-hydroxylation sites is 1. The topological polar surface area (TPSA) is 45.3 Å². The Balaban J connectivity index is 1.77. The van der Waals surface area contributed by atoms with E-state index in [1.807, 2.05) is 48.2 Å². The maximum Gasteiger partial charge on any atom is 0.238 e. The van der Waals surface area contributed by atoms with Crippen molar-refractivity contribution < 1.29 is 9.53 Å². The normalized spacial score (nSPS) is 19.6. The number of rotatable bonds is 5. The summed E-state index contributed by atoms with van der Waals surface area (Å²) in [5.41, 5.74) is 3.88. The van der Waals surface area contributed by atoms with Crippen LogP contribution < -0.4 is 4.74 Å². The zero-order chi connectivity index (χ0) is 20.4. The van der Waals surface area contributed by atoms with E-state index >= 15 is 0 Å². The molecule has 29 heavy (non-hydrogen) atoms. The van der Waals surface area contributed by atoms with Crippen molar-refractivity contribution >= 4 is 16.8 Å². The number of H-pyrrole nitrogens is 1. The van der Waals surface area contributed by atoms with Gasteiger partial charge in [0.15, 0.2) is 0 Å². The maximum atomic E-state index is 13.9. The number of nitrogens with one attached hydrogen (secondary N) is 1. The van der Waals surface area contributed by atoms with Gasteiger partial charge in [-0.3, -0.25) is 4.79 Å². The monoisotopic (exact) mass is 388 g/mol. The second kappa shape index (κ2) is 7.78. The highest BCUT2D eigenvalue weighted by atomic mass is 16.5. The molecular formula is C25H28N2O2. The Morgan fingerprint density at radius 2 is 1.93 bits per heavy atom. The Hall–Kier alpha value is -3.01. The van der Waals surface area contributed by atoms with Gasteiger partial charge in [-0.2, -0.15) is 0 Å². The Labute approximate surface area is 172 Å². The highest BCUT2D eigenvalue weighted by Crippen LogP contribution is 2.40. The smallest absolute Gasteiger partial charge is 0.238 e. The molecule has 1 aromatic heterocycles. The van der Waals surface area contributed by atoms with Crippen LogP contribution in [0.1, 0.15) is 37.1 Å². The Morgan fingerprint density at radius 3 is 2.62 bits per heavy atom. The van der Waals surface area contributed by atoms with Gasteiger partial charge in [0.1, 0.15) is 11.2 Å². The highest BCUT2D eigenvalue weighted by molar-refractivity contribution is 5.95. The van der Waals surface area contributed by atoms with E-state index in [1.54, 1.807) is 7.11 Å². The third-order valence-electron chi connectivity index (χ3n) is 6.10. The van der Waals surface area contributed by atoms with Crippen molar-refractivity contribution in [2.75, 3.05) is 13.7 Å². The Bertz CT molecular complexity index is 1050. The van der Waals surface area contributed by atoms with Crippen LogP contribution in [0.2, 0.25) is 0 Å². The van der Waals surface area contributed by atoms with Crippen molar-refractivity contribution in [1.82, 2.24) is 9.88 Å². The summed E-state index contributed by atoms with van der Waals surface area (Å²) in [6.07, 6.45) is 5.65. The number of aromatic nitrogens is 1. The largest absolute Gasteiger partial charge is 0.497 e. The Morgan fingerprint density at radius 1 is 1.17 bits per heavy atom. The van der Waals surface area contributed by atoms with Crippen LogP contribution in [0.3, 0.4) is 0 Å². The SMILES string of the molecule is C/C=C/C1(CC)C(=O)N(Cc2ccc(OC)cc2)CCc2c1[nH]c1ccccc21. The summed E-state index contributed by atoms with van der Waals surface area (Å²) in [6, 6.07) is 16.3. The fraction of sp³-hybridized carbons (Fsp3) is 0.320.